The average Bonchev–Trinajstić information content (AvgIpc) is 1.57. The predicted molar refractivity (Wildman–Crippen MR) is 603 cm³/mol. The summed E-state index contributed by atoms with van der Waals surface area (Å²) < 4.78 is 26.4. The lowest BCUT2D eigenvalue weighted by atomic mass is 10.0. The number of hydrogen-bond acceptors (Lipinski definition) is 15. The van der Waals surface area contributed by atoms with Crippen molar-refractivity contribution >= 4 is 131 Å². The van der Waals surface area contributed by atoms with Gasteiger partial charge >= 0.3 is 0 Å². The topological polar surface area (TPSA) is 209 Å². The molecule has 0 aliphatic rings. The molecule has 0 unspecified atom stereocenters. The smallest absolute Gasteiger partial charge is 0.182 e. The van der Waals surface area contributed by atoms with Crippen molar-refractivity contribution in [1.82, 2.24) is 73.5 Å². The highest BCUT2D eigenvalue weighted by molar-refractivity contribution is 6.21. The second-order valence-corrected chi connectivity index (χ2v) is 37.1. The minimum absolute atomic E-state index is 0.516. The standard InChI is InChI=1S/3C44H27N5O/c1-3-11-28(12-4-1)29-13-9-14-30(23-29)42-46-43(48-44(47-42)32-15-10-22-45-27-32)31-20-21-40-36(24-31)37-25-39-35(26-41(37)50-40)34-18-7-8-19-38(34)49(39)33-16-5-2-6-17-33;1-3-12-28(13-4-1)29-14-11-15-30(24-29)42-46-43(48-44(47-42)37-19-9-10-23-45-37)31-21-22-40-35(25-31)36-26-39-34(27-41(36)50-40)33-18-7-8-20-38(33)49(39)32-16-5-2-6-17-32;1-3-10-28(11-4-1)29-17-19-30(20-18-29)42-46-43(48-44(47-42)32-12-9-23-45-27-32)31-21-22-40-36(24-31)37-25-39-35(26-41(37)50-40)34-15-7-8-16-38(34)49(39)33-13-5-2-6-14-33/h3*1-27H. The molecule has 0 aliphatic heterocycles. The van der Waals surface area contributed by atoms with Gasteiger partial charge in [-0.25, -0.2) is 44.9 Å². The molecule has 150 heavy (non-hydrogen) atoms. The molecule has 0 saturated carbocycles. The normalized spacial score (nSPS) is 11.6. The van der Waals surface area contributed by atoms with E-state index in [1.54, 1.807) is 31.0 Å². The first kappa shape index (κ1) is 87.1. The van der Waals surface area contributed by atoms with Crippen molar-refractivity contribution in [2.45, 2.75) is 0 Å². The van der Waals surface area contributed by atoms with Crippen LogP contribution < -0.4 is 0 Å². The van der Waals surface area contributed by atoms with E-state index < -0.39 is 0 Å². The summed E-state index contributed by atoms with van der Waals surface area (Å²) >= 11 is 0. The molecule has 0 amide bonds. The van der Waals surface area contributed by atoms with Gasteiger partial charge in [0.25, 0.3) is 0 Å². The minimum atomic E-state index is 0.516. The van der Waals surface area contributed by atoms with Gasteiger partial charge in [-0.2, -0.15) is 0 Å². The summed E-state index contributed by atoms with van der Waals surface area (Å²) in [7, 11) is 0. The molecule has 702 valence electrons. The van der Waals surface area contributed by atoms with Crippen molar-refractivity contribution in [3.05, 3.63) is 492 Å². The van der Waals surface area contributed by atoms with Crippen LogP contribution in [0.3, 0.4) is 0 Å². The zero-order chi connectivity index (χ0) is 99.1. The minimum Gasteiger partial charge on any atom is -0.456 e. The lowest BCUT2D eigenvalue weighted by Crippen LogP contribution is -2.01. The Balaban J connectivity index is 0.000000108. The summed E-state index contributed by atoms with van der Waals surface area (Å²) in [5.74, 6) is 5.15. The first-order valence-electron chi connectivity index (χ1n) is 49.6. The quantitative estimate of drug-likeness (QED) is 0.0935. The molecule has 0 fully saturated rings. The third-order valence-corrected chi connectivity index (χ3v) is 28.0. The number of nitrogens with zero attached hydrogens (tertiary/aromatic N) is 15. The summed E-state index contributed by atoms with van der Waals surface area (Å²) in [5.41, 5.74) is 29.5. The van der Waals surface area contributed by atoms with Gasteiger partial charge in [0.1, 0.15) is 39.2 Å². The highest BCUT2D eigenvalue weighted by atomic mass is 16.3. The maximum atomic E-state index is 6.49. The average molecular weight is 1930 g/mol. The number of pyridine rings is 3. The molecule has 12 heterocycles. The molecule has 30 aromatic rings. The molecule has 0 atom stereocenters. The fraction of sp³-hybridized carbons (Fsp3) is 0. The molecule has 0 radical (unpaired) electrons. The summed E-state index contributed by atoms with van der Waals surface area (Å²) in [6.45, 7) is 0. The third-order valence-electron chi connectivity index (χ3n) is 28.0. The molecule has 18 aromatic carbocycles. The number of para-hydroxylation sites is 6. The van der Waals surface area contributed by atoms with Gasteiger partial charge in [-0.15, -0.1) is 0 Å². The molecule has 18 heteroatoms. The van der Waals surface area contributed by atoms with E-state index in [0.717, 1.165) is 210 Å². The summed E-state index contributed by atoms with van der Waals surface area (Å²) in [5, 5.41) is 13.1. The van der Waals surface area contributed by atoms with Gasteiger partial charge in [0.05, 0.1) is 33.1 Å². The van der Waals surface area contributed by atoms with Crippen LogP contribution in [0.15, 0.2) is 505 Å². The monoisotopic (exact) mass is 1920 g/mol. The number of furan rings is 3. The largest absolute Gasteiger partial charge is 0.456 e. The lowest BCUT2D eigenvalue weighted by molar-refractivity contribution is 0.669. The molecule has 0 N–H and O–H groups in total. The van der Waals surface area contributed by atoms with Crippen LogP contribution >= 0.6 is 0 Å². The van der Waals surface area contributed by atoms with E-state index in [2.05, 4.69) is 314 Å². The Morgan fingerprint density at radius 1 is 0.147 bits per heavy atom. The van der Waals surface area contributed by atoms with Crippen LogP contribution in [0.4, 0.5) is 0 Å². The number of aromatic nitrogens is 15. The van der Waals surface area contributed by atoms with E-state index in [-0.39, 0.29) is 0 Å². The van der Waals surface area contributed by atoms with Crippen molar-refractivity contribution in [3.63, 3.8) is 0 Å². The summed E-state index contributed by atoms with van der Waals surface area (Å²) in [4.78, 5) is 58.1. The Morgan fingerprint density at radius 3 is 0.760 bits per heavy atom. The Morgan fingerprint density at radius 2 is 0.413 bits per heavy atom. The molecule has 30 rings (SSSR count). The number of benzene rings is 18. The number of rotatable bonds is 15. The Labute approximate surface area is 857 Å². The molecule has 0 aliphatic carbocycles. The number of hydrogen-bond donors (Lipinski definition) is 0. The Kier molecular flexibility index (Phi) is 21.4. The molecular weight excluding hydrogens is 1840 g/mol. The van der Waals surface area contributed by atoms with Gasteiger partial charge < -0.3 is 27.0 Å². The third kappa shape index (κ3) is 15.9. The van der Waals surface area contributed by atoms with E-state index in [1.807, 2.05) is 176 Å². The Hall–Kier alpha value is -20.8. The SMILES string of the molecule is c1ccc(-c2ccc(-c3nc(-c4cccnc4)nc(-c4ccc5oc6cc7c8ccccc8n(-c8ccccc8)c7cc6c5c4)n3)cc2)cc1.c1ccc(-c2cccc(-c3nc(-c4ccc5oc6cc7c8ccccc8n(-c8ccccc8)c7cc6c5c4)nc(-c4ccccn4)n3)c2)cc1.c1ccc(-c2cccc(-c3nc(-c4cccnc4)nc(-c4ccc5oc6cc7c8ccccc8n(-c8ccccc8)c7cc6c5c4)n3)c2)cc1. The van der Waals surface area contributed by atoms with Crippen LogP contribution in [0.1, 0.15) is 0 Å². The predicted octanol–water partition coefficient (Wildman–Crippen LogP) is 32.8. The lowest BCUT2D eigenvalue weighted by Gasteiger charge is -2.09. The van der Waals surface area contributed by atoms with Gasteiger partial charge in [-0.05, 0) is 228 Å². The van der Waals surface area contributed by atoms with Gasteiger partial charge in [0, 0.05) is 157 Å². The van der Waals surface area contributed by atoms with Crippen molar-refractivity contribution in [2.75, 3.05) is 0 Å². The van der Waals surface area contributed by atoms with Gasteiger partial charge in [-0.1, -0.05) is 267 Å². The molecule has 0 bridgehead atoms. The molecular formula is C132H81N15O3. The highest BCUT2D eigenvalue weighted by Gasteiger charge is 2.26. The van der Waals surface area contributed by atoms with E-state index in [4.69, 9.17) is 58.1 Å². The fourth-order valence-corrected chi connectivity index (χ4v) is 20.8. The van der Waals surface area contributed by atoms with Crippen LogP contribution in [-0.2, 0) is 0 Å². The zero-order valence-electron chi connectivity index (χ0n) is 80.2. The number of fused-ring (bicyclic) bond motifs is 18. The zero-order valence-corrected chi connectivity index (χ0v) is 80.2. The van der Waals surface area contributed by atoms with Gasteiger partial charge in [0.15, 0.2) is 52.4 Å². The molecule has 0 saturated heterocycles. The summed E-state index contributed by atoms with van der Waals surface area (Å²) in [6.07, 6.45) is 8.83. The Bertz CT molecular complexity index is 10100. The molecule has 18 nitrogen and oxygen atoms in total. The van der Waals surface area contributed by atoms with Crippen LogP contribution in [0, 0.1) is 0 Å². The fourth-order valence-electron chi connectivity index (χ4n) is 20.8. The second-order valence-electron chi connectivity index (χ2n) is 37.1. The van der Waals surface area contributed by atoms with Crippen molar-refractivity contribution in [3.8, 4) is 153 Å². The summed E-state index contributed by atoms with van der Waals surface area (Å²) in [6, 6.07) is 158. The van der Waals surface area contributed by atoms with Crippen LogP contribution in [0.25, 0.3) is 284 Å². The van der Waals surface area contributed by atoms with Gasteiger partial charge in [-0.3, -0.25) is 15.0 Å². The first-order chi connectivity index (χ1) is 74.3. The van der Waals surface area contributed by atoms with E-state index >= 15 is 0 Å². The van der Waals surface area contributed by atoms with Crippen molar-refractivity contribution in [2.24, 2.45) is 0 Å². The maximum Gasteiger partial charge on any atom is 0.182 e. The van der Waals surface area contributed by atoms with Crippen LogP contribution in [-0.4, -0.2) is 73.5 Å². The van der Waals surface area contributed by atoms with E-state index in [0.29, 0.717) is 58.1 Å². The second kappa shape index (κ2) is 36.9. The van der Waals surface area contributed by atoms with Crippen molar-refractivity contribution < 1.29 is 13.3 Å². The van der Waals surface area contributed by atoms with Crippen LogP contribution in [0.2, 0.25) is 0 Å². The van der Waals surface area contributed by atoms with E-state index in [1.165, 1.54) is 16.2 Å². The van der Waals surface area contributed by atoms with Gasteiger partial charge in [0.2, 0.25) is 0 Å². The molecule has 0 spiro atoms. The maximum absolute atomic E-state index is 6.49. The highest BCUT2D eigenvalue weighted by Crippen LogP contribution is 2.46. The van der Waals surface area contributed by atoms with Crippen LogP contribution in [0.5, 0.6) is 0 Å². The molecule has 12 aromatic heterocycles. The van der Waals surface area contributed by atoms with E-state index in [9.17, 15) is 0 Å². The first-order valence-corrected chi connectivity index (χ1v) is 49.6. The van der Waals surface area contributed by atoms with Crippen molar-refractivity contribution in [1.29, 1.82) is 0 Å².